The van der Waals surface area contributed by atoms with Crippen molar-refractivity contribution in [2.75, 3.05) is 6.54 Å². The highest BCUT2D eigenvalue weighted by Crippen LogP contribution is 2.14. The second-order valence-electron chi connectivity index (χ2n) is 9.84. The average molecular weight is 426 g/mol. The lowest BCUT2D eigenvalue weighted by atomic mass is 10.0. The van der Waals surface area contributed by atoms with Crippen LogP contribution in [0.1, 0.15) is 149 Å². The van der Waals surface area contributed by atoms with E-state index in [1.165, 1.54) is 116 Å². The first kappa shape index (κ1) is 29.4. The van der Waals surface area contributed by atoms with E-state index in [0.29, 0.717) is 12.3 Å². The van der Waals surface area contributed by atoms with Gasteiger partial charge in [0.05, 0.1) is 0 Å². The van der Waals surface area contributed by atoms with Gasteiger partial charge in [-0.2, -0.15) is 0 Å². The number of hydrogen-bond acceptors (Lipinski definition) is 2. The maximum absolute atomic E-state index is 11.2. The zero-order chi connectivity index (χ0) is 22.3. The Bertz CT molecular complexity index is 357. The molecule has 3 heteroatoms. The molecular formula is C27H55NO2. The molecule has 0 saturated carbocycles. The normalized spacial score (nSPS) is 12.5. The van der Waals surface area contributed by atoms with Gasteiger partial charge >= 0.3 is 5.97 Å². The fourth-order valence-electron chi connectivity index (χ4n) is 4.22. The van der Waals surface area contributed by atoms with Crippen molar-refractivity contribution in [3.63, 3.8) is 0 Å². The number of hydrogen-bond donors (Lipinski definition) is 2. The number of carboxylic acids is 1. The van der Waals surface area contributed by atoms with Crippen molar-refractivity contribution in [3.8, 4) is 0 Å². The van der Waals surface area contributed by atoms with Crippen LogP contribution in [0.3, 0.4) is 0 Å². The highest BCUT2D eigenvalue weighted by atomic mass is 16.4. The summed E-state index contributed by atoms with van der Waals surface area (Å²) in [6.45, 7) is 7.28. The first-order chi connectivity index (χ1) is 14.6. The number of nitrogens with one attached hydrogen (secondary N) is 1. The predicted octanol–water partition coefficient (Wildman–Crippen LogP) is 8.51. The van der Waals surface area contributed by atoms with Crippen LogP contribution in [-0.2, 0) is 4.79 Å². The summed E-state index contributed by atoms with van der Waals surface area (Å²) in [5.74, 6) is -0.287. The molecule has 0 amide bonds. The number of carboxylic acid groups (broad SMARTS) is 1. The molecule has 0 heterocycles. The van der Waals surface area contributed by atoms with E-state index in [2.05, 4.69) is 26.1 Å². The van der Waals surface area contributed by atoms with Gasteiger partial charge in [0.1, 0.15) is 6.04 Å². The molecule has 0 aromatic carbocycles. The summed E-state index contributed by atoms with van der Waals surface area (Å²) in [5.41, 5.74) is 0. The SMILES string of the molecule is CCCCCCCCCCCCCCCCCCCCCN[C@@H](CC(C)C)C(=O)O. The van der Waals surface area contributed by atoms with Crippen LogP contribution in [0.25, 0.3) is 0 Å². The molecule has 0 bridgehead atoms. The third-order valence-corrected chi connectivity index (χ3v) is 6.18. The molecule has 1 atom stereocenters. The zero-order valence-electron chi connectivity index (χ0n) is 20.9. The van der Waals surface area contributed by atoms with Gasteiger partial charge in [-0.25, -0.2) is 0 Å². The predicted molar refractivity (Wildman–Crippen MR) is 132 cm³/mol. The molecule has 2 N–H and O–H groups in total. The van der Waals surface area contributed by atoms with Gasteiger partial charge in [0, 0.05) is 0 Å². The topological polar surface area (TPSA) is 49.3 Å². The smallest absolute Gasteiger partial charge is 0.320 e. The average Bonchev–Trinajstić information content (AvgIpc) is 2.71. The molecule has 0 aliphatic rings. The summed E-state index contributed by atoms with van der Waals surface area (Å²) in [7, 11) is 0. The van der Waals surface area contributed by atoms with Crippen molar-refractivity contribution >= 4 is 5.97 Å². The third-order valence-electron chi connectivity index (χ3n) is 6.18. The molecule has 0 aromatic rings. The van der Waals surface area contributed by atoms with E-state index in [9.17, 15) is 9.90 Å². The van der Waals surface area contributed by atoms with Crippen LogP contribution in [0.15, 0.2) is 0 Å². The van der Waals surface area contributed by atoms with E-state index in [-0.39, 0.29) is 6.04 Å². The Morgan fingerprint density at radius 2 is 0.967 bits per heavy atom. The Morgan fingerprint density at radius 3 is 1.27 bits per heavy atom. The van der Waals surface area contributed by atoms with Gasteiger partial charge in [0.25, 0.3) is 0 Å². The molecule has 3 nitrogen and oxygen atoms in total. The van der Waals surface area contributed by atoms with Gasteiger partial charge in [0.2, 0.25) is 0 Å². The van der Waals surface area contributed by atoms with Crippen molar-refractivity contribution in [2.24, 2.45) is 5.92 Å². The molecule has 0 spiro atoms. The van der Waals surface area contributed by atoms with E-state index in [0.717, 1.165) is 13.0 Å². The lowest BCUT2D eigenvalue weighted by molar-refractivity contribution is -0.139. The van der Waals surface area contributed by atoms with E-state index in [4.69, 9.17) is 0 Å². The Balaban J connectivity index is 3.20. The molecule has 0 fully saturated rings. The summed E-state index contributed by atoms with van der Waals surface area (Å²) in [5, 5.41) is 12.4. The van der Waals surface area contributed by atoms with Crippen LogP contribution >= 0.6 is 0 Å². The monoisotopic (exact) mass is 425 g/mol. The number of unbranched alkanes of at least 4 members (excludes halogenated alkanes) is 18. The lowest BCUT2D eigenvalue weighted by Crippen LogP contribution is -2.38. The molecule has 30 heavy (non-hydrogen) atoms. The van der Waals surface area contributed by atoms with Gasteiger partial charge < -0.3 is 10.4 Å². The number of rotatable bonds is 24. The largest absolute Gasteiger partial charge is 0.480 e. The van der Waals surface area contributed by atoms with Crippen molar-refractivity contribution in [2.45, 2.75) is 155 Å². The van der Waals surface area contributed by atoms with Crippen molar-refractivity contribution < 1.29 is 9.90 Å². The highest BCUT2D eigenvalue weighted by molar-refractivity contribution is 5.73. The van der Waals surface area contributed by atoms with Crippen LogP contribution in [0, 0.1) is 5.92 Å². The fraction of sp³-hybridized carbons (Fsp3) is 0.963. The van der Waals surface area contributed by atoms with Gasteiger partial charge in [0.15, 0.2) is 0 Å². The molecular weight excluding hydrogens is 370 g/mol. The maximum Gasteiger partial charge on any atom is 0.320 e. The van der Waals surface area contributed by atoms with Crippen LogP contribution < -0.4 is 5.32 Å². The minimum Gasteiger partial charge on any atom is -0.480 e. The van der Waals surface area contributed by atoms with Crippen LogP contribution in [0.4, 0.5) is 0 Å². The molecule has 0 radical (unpaired) electrons. The summed E-state index contributed by atoms with van der Waals surface area (Å²) >= 11 is 0. The van der Waals surface area contributed by atoms with Gasteiger partial charge in [-0.1, -0.05) is 136 Å². The Kier molecular flexibility index (Phi) is 22.7. The van der Waals surface area contributed by atoms with Gasteiger partial charge in [-0.15, -0.1) is 0 Å². The standard InChI is InChI=1S/C27H55NO2/c1-4-5-6-7-8-9-10-11-12-13-14-15-16-17-18-19-20-21-22-23-28-26(27(29)30)24-25(2)3/h25-26,28H,4-24H2,1-3H3,(H,29,30)/t26-/m0/s1. The van der Waals surface area contributed by atoms with Gasteiger partial charge in [-0.05, 0) is 25.3 Å². The first-order valence-corrected chi connectivity index (χ1v) is 13.5. The molecule has 0 unspecified atom stereocenters. The van der Waals surface area contributed by atoms with Crippen LogP contribution in [0.2, 0.25) is 0 Å². The maximum atomic E-state index is 11.2. The number of aliphatic carboxylic acids is 1. The second-order valence-corrected chi connectivity index (χ2v) is 9.84. The van der Waals surface area contributed by atoms with Crippen molar-refractivity contribution in [1.29, 1.82) is 0 Å². The lowest BCUT2D eigenvalue weighted by Gasteiger charge is -2.16. The first-order valence-electron chi connectivity index (χ1n) is 13.5. The molecule has 0 aromatic heterocycles. The van der Waals surface area contributed by atoms with Crippen molar-refractivity contribution in [1.82, 2.24) is 5.32 Å². The van der Waals surface area contributed by atoms with E-state index < -0.39 is 5.97 Å². The summed E-state index contributed by atoms with van der Waals surface area (Å²) in [6, 6.07) is -0.374. The molecule has 0 rings (SSSR count). The molecule has 0 aliphatic carbocycles. The quantitative estimate of drug-likeness (QED) is 0.152. The molecule has 0 saturated heterocycles. The minimum atomic E-state index is -0.707. The fourth-order valence-corrected chi connectivity index (χ4v) is 4.22. The van der Waals surface area contributed by atoms with E-state index in [1.807, 2.05) is 0 Å². The van der Waals surface area contributed by atoms with Gasteiger partial charge in [-0.3, -0.25) is 4.79 Å². The number of carbonyl (C=O) groups is 1. The Hall–Kier alpha value is -0.570. The Morgan fingerprint density at radius 1 is 0.633 bits per heavy atom. The van der Waals surface area contributed by atoms with Crippen molar-refractivity contribution in [3.05, 3.63) is 0 Å². The van der Waals surface area contributed by atoms with Crippen LogP contribution in [-0.4, -0.2) is 23.7 Å². The third kappa shape index (κ3) is 22.1. The zero-order valence-corrected chi connectivity index (χ0v) is 20.9. The Labute approximate surface area is 189 Å². The van der Waals surface area contributed by atoms with E-state index >= 15 is 0 Å². The van der Waals surface area contributed by atoms with Crippen LogP contribution in [0.5, 0.6) is 0 Å². The second kappa shape index (κ2) is 23.1. The molecule has 0 aliphatic heterocycles. The highest BCUT2D eigenvalue weighted by Gasteiger charge is 2.17. The minimum absolute atomic E-state index is 0.374. The summed E-state index contributed by atoms with van der Waals surface area (Å²) in [6.07, 6.45) is 27.1. The summed E-state index contributed by atoms with van der Waals surface area (Å²) in [4.78, 5) is 11.2. The summed E-state index contributed by atoms with van der Waals surface area (Å²) < 4.78 is 0. The molecule has 180 valence electrons. The van der Waals surface area contributed by atoms with E-state index in [1.54, 1.807) is 0 Å².